The normalized spacial score (nSPS) is 28.5. The van der Waals surface area contributed by atoms with Crippen LogP contribution in [0.2, 0.25) is 0 Å². The van der Waals surface area contributed by atoms with E-state index in [1.54, 1.807) is 6.20 Å². The molecule has 0 aliphatic heterocycles. The highest BCUT2D eigenvalue weighted by atomic mass is 32.1. The van der Waals surface area contributed by atoms with E-state index in [0.717, 1.165) is 48.3 Å². The Bertz CT molecular complexity index is 1330. The number of carboxylic acid groups (broad SMARTS) is 1. The smallest absolute Gasteiger partial charge is 0.344 e. The fraction of sp³-hybridized carbons (Fsp3) is 0.613. The molecule has 1 aromatic heterocycles. The predicted molar refractivity (Wildman–Crippen MR) is 156 cm³/mol. The average molecular weight is 568 g/mol. The van der Waals surface area contributed by atoms with Crippen LogP contribution in [0.3, 0.4) is 0 Å². The molecule has 216 valence electrons. The molecule has 8 nitrogen and oxygen atoms in total. The van der Waals surface area contributed by atoms with E-state index in [1.807, 2.05) is 13.0 Å². The molecule has 3 N–H and O–H groups in total. The molecule has 1 heterocycles. The van der Waals surface area contributed by atoms with Crippen molar-refractivity contribution >= 4 is 34.1 Å². The first-order chi connectivity index (χ1) is 18.9. The largest absolute Gasteiger partial charge is 0.508 e. The number of phenols is 1. The lowest BCUT2D eigenvalue weighted by molar-refractivity contribution is -0.142. The molecule has 3 aliphatic rings. The molecular formula is C31H41N3O5S. The van der Waals surface area contributed by atoms with Crippen LogP contribution < -0.4 is 5.32 Å². The molecule has 0 radical (unpaired) electrons. The number of aryl methyl sites for hydroxylation is 2. The zero-order valence-electron chi connectivity index (χ0n) is 24.1. The minimum Gasteiger partial charge on any atom is -0.508 e. The number of carboxylic acids is 1. The van der Waals surface area contributed by atoms with Gasteiger partial charge in [-0.1, -0.05) is 38.9 Å². The third-order valence-electron chi connectivity index (χ3n) is 9.50. The number of thiazole rings is 1. The first-order valence-electron chi connectivity index (χ1n) is 14.4. The summed E-state index contributed by atoms with van der Waals surface area (Å²) < 4.78 is 0. The van der Waals surface area contributed by atoms with Crippen LogP contribution in [0.25, 0.3) is 0 Å². The number of carbonyl (C=O) groups excluding carboxylic acids is 1. The number of rotatable bonds is 7. The molecule has 40 heavy (non-hydrogen) atoms. The van der Waals surface area contributed by atoms with Crippen LogP contribution in [0, 0.1) is 30.1 Å². The predicted octanol–water partition coefficient (Wildman–Crippen LogP) is 6.41. The summed E-state index contributed by atoms with van der Waals surface area (Å²) in [6.07, 6.45) is 7.48. The molecule has 5 atom stereocenters. The minimum absolute atomic E-state index is 0.0322. The van der Waals surface area contributed by atoms with Gasteiger partial charge in [0.05, 0.1) is 5.71 Å². The number of fused-ring (bicyclic) bond motifs is 5. The third kappa shape index (κ3) is 5.49. The number of oxime groups is 1. The number of anilines is 1. The van der Waals surface area contributed by atoms with Gasteiger partial charge in [-0.05, 0) is 97.3 Å². The summed E-state index contributed by atoms with van der Waals surface area (Å²) in [6.45, 7) is 10.2. The van der Waals surface area contributed by atoms with E-state index in [2.05, 4.69) is 49.2 Å². The molecule has 2 fully saturated rings. The maximum absolute atomic E-state index is 12.9. The van der Waals surface area contributed by atoms with E-state index in [1.165, 1.54) is 22.5 Å². The van der Waals surface area contributed by atoms with Gasteiger partial charge in [0, 0.05) is 22.9 Å². The molecule has 5 rings (SSSR count). The Morgan fingerprint density at radius 2 is 2.05 bits per heavy atom. The van der Waals surface area contributed by atoms with Crippen molar-refractivity contribution in [2.75, 3.05) is 11.9 Å². The molecular weight excluding hydrogens is 526 g/mol. The van der Waals surface area contributed by atoms with Gasteiger partial charge in [-0.3, -0.25) is 4.79 Å². The minimum atomic E-state index is -1.04. The number of amides is 1. The van der Waals surface area contributed by atoms with Crippen LogP contribution >= 0.6 is 11.3 Å². The SMILES string of the molecule is Cc1cnc(NC(=O)CC[C@@H]2C/C(=N\OCC(=O)O)[C@@]3(C)CCC4c5cc(C(C)(C)C)c(O)cc5CCC4C23)s1. The molecule has 0 saturated heterocycles. The van der Waals surface area contributed by atoms with E-state index >= 15 is 0 Å². The van der Waals surface area contributed by atoms with Crippen LogP contribution in [0.4, 0.5) is 5.13 Å². The number of hydrogen-bond acceptors (Lipinski definition) is 7. The summed E-state index contributed by atoms with van der Waals surface area (Å²) in [5.41, 5.74) is 4.18. The molecule has 3 aliphatic carbocycles. The molecule has 3 unspecified atom stereocenters. The summed E-state index contributed by atoms with van der Waals surface area (Å²) in [5.74, 6) is 0.678. The van der Waals surface area contributed by atoms with Gasteiger partial charge in [0.25, 0.3) is 0 Å². The topological polar surface area (TPSA) is 121 Å². The first-order valence-corrected chi connectivity index (χ1v) is 15.2. The van der Waals surface area contributed by atoms with Crippen molar-refractivity contribution in [2.24, 2.45) is 28.3 Å². The zero-order chi connectivity index (χ0) is 28.8. The number of nitrogens with one attached hydrogen (secondary N) is 1. The number of aliphatic carboxylic acids is 1. The van der Waals surface area contributed by atoms with Gasteiger partial charge in [0.1, 0.15) is 5.75 Å². The Balaban J connectivity index is 1.42. The Kier molecular flexibility index (Phi) is 7.72. The molecule has 0 spiro atoms. The van der Waals surface area contributed by atoms with Gasteiger partial charge in [0.15, 0.2) is 5.13 Å². The summed E-state index contributed by atoms with van der Waals surface area (Å²) in [5, 5.41) is 27.9. The van der Waals surface area contributed by atoms with Gasteiger partial charge in [-0.15, -0.1) is 11.3 Å². The van der Waals surface area contributed by atoms with Crippen molar-refractivity contribution in [1.29, 1.82) is 0 Å². The Labute approximate surface area is 240 Å². The summed E-state index contributed by atoms with van der Waals surface area (Å²) in [4.78, 5) is 34.6. The van der Waals surface area contributed by atoms with Crippen molar-refractivity contribution in [3.8, 4) is 5.75 Å². The van der Waals surface area contributed by atoms with Gasteiger partial charge in [-0.2, -0.15) is 0 Å². The Morgan fingerprint density at radius 1 is 1.27 bits per heavy atom. The van der Waals surface area contributed by atoms with Gasteiger partial charge in [-0.25, -0.2) is 9.78 Å². The van der Waals surface area contributed by atoms with E-state index in [-0.39, 0.29) is 22.7 Å². The summed E-state index contributed by atoms with van der Waals surface area (Å²) in [7, 11) is 0. The van der Waals surface area contributed by atoms with Crippen LogP contribution in [0.15, 0.2) is 23.5 Å². The lowest BCUT2D eigenvalue weighted by atomic mass is 9.53. The third-order valence-corrected chi connectivity index (χ3v) is 10.3. The van der Waals surface area contributed by atoms with Crippen molar-refractivity contribution < 1.29 is 24.6 Å². The molecule has 2 saturated carbocycles. The van der Waals surface area contributed by atoms with Crippen molar-refractivity contribution in [3.63, 3.8) is 0 Å². The van der Waals surface area contributed by atoms with Gasteiger partial charge in [0.2, 0.25) is 12.5 Å². The number of benzene rings is 1. The van der Waals surface area contributed by atoms with Gasteiger partial charge >= 0.3 is 5.97 Å². The number of phenolic OH excluding ortho intramolecular Hbond substituents is 1. The monoisotopic (exact) mass is 567 g/mol. The van der Waals surface area contributed by atoms with Crippen molar-refractivity contribution in [2.45, 2.75) is 90.9 Å². The highest BCUT2D eigenvalue weighted by Crippen LogP contribution is 2.63. The number of nitrogens with zero attached hydrogens (tertiary/aromatic N) is 2. The second-order valence-electron chi connectivity index (χ2n) is 13.1. The molecule has 2 aromatic rings. The lowest BCUT2D eigenvalue weighted by Crippen LogP contribution is -2.44. The average Bonchev–Trinajstić information content (AvgIpc) is 3.40. The highest BCUT2D eigenvalue weighted by Gasteiger charge is 2.57. The quantitative estimate of drug-likeness (QED) is 0.332. The number of aromatic hydroxyl groups is 1. The van der Waals surface area contributed by atoms with Crippen LogP contribution in [0.1, 0.15) is 93.7 Å². The molecule has 1 amide bonds. The zero-order valence-corrected chi connectivity index (χ0v) is 24.9. The maximum Gasteiger partial charge on any atom is 0.344 e. The first kappa shape index (κ1) is 28.6. The summed E-state index contributed by atoms with van der Waals surface area (Å²) in [6, 6.07) is 4.24. The van der Waals surface area contributed by atoms with Crippen molar-refractivity contribution in [1.82, 2.24) is 4.98 Å². The van der Waals surface area contributed by atoms with E-state index in [0.29, 0.717) is 41.5 Å². The van der Waals surface area contributed by atoms with E-state index in [9.17, 15) is 14.7 Å². The second-order valence-corrected chi connectivity index (χ2v) is 14.4. The molecule has 0 bridgehead atoms. The second kappa shape index (κ2) is 10.8. The van der Waals surface area contributed by atoms with Crippen LogP contribution in [-0.2, 0) is 26.3 Å². The molecule has 1 aromatic carbocycles. The standard InChI is InChI=1S/C31H41N3O5S/c1-17-15-32-29(40-17)33-26(36)9-7-19-13-25(34-39-16-27(37)38)31(5)11-10-20-21(28(19)31)8-6-18-12-24(35)23(14-22(18)20)30(2,3)4/h12,14-15,19-21,28,35H,6-11,13,16H2,1-5H3,(H,37,38)(H,32,33,36)/b34-25+/t19-,20?,21?,28?,31-/m1/s1. The van der Waals surface area contributed by atoms with Crippen molar-refractivity contribution in [3.05, 3.63) is 39.9 Å². The fourth-order valence-electron chi connectivity index (χ4n) is 7.77. The highest BCUT2D eigenvalue weighted by molar-refractivity contribution is 7.15. The summed E-state index contributed by atoms with van der Waals surface area (Å²) >= 11 is 1.47. The Hall–Kier alpha value is -2.94. The number of aromatic nitrogens is 1. The van der Waals surface area contributed by atoms with Crippen LogP contribution in [0.5, 0.6) is 5.75 Å². The van der Waals surface area contributed by atoms with E-state index in [4.69, 9.17) is 9.94 Å². The van der Waals surface area contributed by atoms with Crippen LogP contribution in [-0.4, -0.2) is 39.4 Å². The maximum atomic E-state index is 12.9. The Morgan fingerprint density at radius 3 is 2.73 bits per heavy atom. The number of carbonyl (C=O) groups is 2. The fourth-order valence-corrected chi connectivity index (χ4v) is 8.45. The van der Waals surface area contributed by atoms with E-state index < -0.39 is 12.6 Å². The number of hydrogen-bond donors (Lipinski definition) is 3. The molecule has 9 heteroatoms. The lowest BCUT2D eigenvalue weighted by Gasteiger charge is -2.50. The van der Waals surface area contributed by atoms with Gasteiger partial charge < -0.3 is 20.4 Å².